The van der Waals surface area contributed by atoms with E-state index >= 15 is 0 Å². The molecule has 13 heteroatoms. The lowest BCUT2D eigenvalue weighted by Crippen LogP contribution is -2.57. The van der Waals surface area contributed by atoms with Gasteiger partial charge in [-0.3, -0.25) is 19.2 Å². The molecule has 0 spiro atoms. The third-order valence-electron chi connectivity index (χ3n) is 7.89. The lowest BCUT2D eigenvalue weighted by molar-refractivity contribution is -0.250. The highest BCUT2D eigenvalue weighted by atomic mass is 19.4. The summed E-state index contributed by atoms with van der Waals surface area (Å²) in [5, 5.41) is 34.6. The number of phenolic OH excluding ortho intramolecular Hbond substituents is 1. The molecule has 0 saturated carbocycles. The van der Waals surface area contributed by atoms with Crippen LogP contribution in [0.1, 0.15) is 75.8 Å². The predicted octanol–water partition coefficient (Wildman–Crippen LogP) is 2.03. The van der Waals surface area contributed by atoms with Crippen molar-refractivity contribution < 1.29 is 57.1 Å². The molecule has 218 valence electrons. The largest absolute Gasteiger partial charge is 0.507 e. The Bertz CT molecular complexity index is 1470. The van der Waals surface area contributed by atoms with Crippen LogP contribution in [0.3, 0.4) is 0 Å². The summed E-state index contributed by atoms with van der Waals surface area (Å²) in [5.41, 5.74) is -2.03. The van der Waals surface area contributed by atoms with Gasteiger partial charge in [0, 0.05) is 41.5 Å². The smallest absolute Gasteiger partial charge is 0.471 e. The minimum Gasteiger partial charge on any atom is -0.507 e. The van der Waals surface area contributed by atoms with E-state index in [0.29, 0.717) is 0 Å². The van der Waals surface area contributed by atoms with Crippen molar-refractivity contribution in [2.75, 3.05) is 0 Å². The van der Waals surface area contributed by atoms with Crippen LogP contribution in [-0.2, 0) is 25.5 Å². The number of aromatic hydroxyl groups is 1. The zero-order valence-electron chi connectivity index (χ0n) is 21.8. The van der Waals surface area contributed by atoms with E-state index in [0.717, 1.165) is 6.92 Å². The van der Waals surface area contributed by atoms with Crippen LogP contribution in [0.5, 0.6) is 5.75 Å². The van der Waals surface area contributed by atoms with E-state index in [2.05, 4.69) is 0 Å². The Morgan fingerprint density at radius 3 is 2.37 bits per heavy atom. The topological polar surface area (TPSA) is 159 Å². The normalized spacial score (nSPS) is 29.3. The zero-order valence-corrected chi connectivity index (χ0v) is 21.8. The lowest BCUT2D eigenvalue weighted by Gasteiger charge is -2.42. The van der Waals surface area contributed by atoms with Gasteiger partial charge in [-0.15, -0.1) is 0 Å². The van der Waals surface area contributed by atoms with Crippen LogP contribution in [0.2, 0.25) is 0 Å². The number of benzene rings is 2. The average molecular weight is 578 g/mol. The Hall–Kier alpha value is -3.65. The van der Waals surface area contributed by atoms with E-state index in [1.807, 2.05) is 0 Å². The fourth-order valence-corrected chi connectivity index (χ4v) is 5.71. The Labute approximate surface area is 231 Å². The van der Waals surface area contributed by atoms with Gasteiger partial charge in [0.25, 0.3) is 0 Å². The summed E-state index contributed by atoms with van der Waals surface area (Å²) in [6, 6.07) is 5.95. The van der Waals surface area contributed by atoms with Crippen LogP contribution in [0.15, 0.2) is 30.3 Å². The zero-order chi connectivity index (χ0) is 30.0. The maximum absolute atomic E-state index is 13.4. The van der Waals surface area contributed by atoms with Gasteiger partial charge in [-0.2, -0.15) is 13.2 Å². The molecule has 4 N–H and O–H groups in total. The van der Waals surface area contributed by atoms with Crippen LogP contribution in [0.25, 0.3) is 0 Å². The maximum atomic E-state index is 13.4. The summed E-state index contributed by atoms with van der Waals surface area (Å²) in [5.74, 6) is -4.67. The standard InChI is InChI=1S/C28H26F3NO9/c1-11-22(34)17(32-26(38)28(29,30)31)8-19(40-11)41-18-10-27(39,12(2)33)9-13-7-16-21(25(37)20(13)18)24(36)15-6-4-3-5-14(15)23(16)35/h3-7,11,17-19,22,34,37,39H,8-10H2,1-2H3,(H,32,38)/t11-,17-,18-,19-,22+,27-/m0/s1. The number of aliphatic hydroxyl groups excluding tert-OH is 1. The van der Waals surface area contributed by atoms with E-state index in [4.69, 9.17) is 9.47 Å². The van der Waals surface area contributed by atoms with Gasteiger partial charge < -0.3 is 30.1 Å². The van der Waals surface area contributed by atoms with Crippen molar-refractivity contribution in [1.82, 2.24) is 5.32 Å². The van der Waals surface area contributed by atoms with Gasteiger partial charge in [-0.1, -0.05) is 24.3 Å². The SMILES string of the molecule is CC(=O)[C@]1(O)Cc2cc3c(c(O)c2[C@@H](O[C@H]2C[C@H](NC(=O)C(F)(F)F)[C@H](O)[C@H](C)O2)C1)C(=O)c1ccccc1C3=O. The molecular weight excluding hydrogens is 551 g/mol. The number of nitrogens with one attached hydrogen (secondary N) is 1. The second kappa shape index (κ2) is 10.0. The Kier molecular flexibility index (Phi) is 7.05. The summed E-state index contributed by atoms with van der Waals surface area (Å²) < 4.78 is 50.2. The number of Topliss-reactive ketones (excluding diaryl/α,β-unsaturated/α-hetero) is 1. The molecule has 0 unspecified atom stereocenters. The first kappa shape index (κ1) is 28.9. The first-order valence-corrected chi connectivity index (χ1v) is 12.8. The molecule has 1 saturated heterocycles. The highest BCUT2D eigenvalue weighted by molar-refractivity contribution is 6.29. The molecule has 5 rings (SSSR count). The Balaban J connectivity index is 1.54. The van der Waals surface area contributed by atoms with Gasteiger partial charge in [0.05, 0.1) is 23.8 Å². The van der Waals surface area contributed by atoms with Crippen molar-refractivity contribution >= 4 is 23.3 Å². The predicted molar refractivity (Wildman–Crippen MR) is 132 cm³/mol. The number of phenols is 1. The van der Waals surface area contributed by atoms with Crippen LogP contribution >= 0.6 is 0 Å². The van der Waals surface area contributed by atoms with Crippen LogP contribution < -0.4 is 5.32 Å². The average Bonchev–Trinajstić information content (AvgIpc) is 2.89. The van der Waals surface area contributed by atoms with Gasteiger partial charge in [0.1, 0.15) is 17.5 Å². The second-order valence-corrected chi connectivity index (χ2v) is 10.6. The summed E-state index contributed by atoms with van der Waals surface area (Å²) in [6.45, 7) is 2.49. The van der Waals surface area contributed by atoms with Crippen LogP contribution in [-0.4, -0.2) is 74.9 Å². The number of carbonyl (C=O) groups is 4. The molecule has 41 heavy (non-hydrogen) atoms. The Morgan fingerprint density at radius 1 is 1.12 bits per heavy atom. The fraction of sp³-hybridized carbons (Fsp3) is 0.429. The molecule has 1 heterocycles. The molecular formula is C28H26F3NO9. The number of fused-ring (bicyclic) bond motifs is 3. The van der Waals surface area contributed by atoms with E-state index in [1.54, 1.807) is 17.4 Å². The van der Waals surface area contributed by atoms with Crippen molar-refractivity contribution in [3.05, 3.63) is 63.7 Å². The minimum atomic E-state index is -5.20. The number of ketones is 3. The number of rotatable bonds is 4. The van der Waals surface area contributed by atoms with Crippen molar-refractivity contribution in [2.45, 2.75) is 75.5 Å². The molecule has 0 bridgehead atoms. The van der Waals surface area contributed by atoms with Crippen molar-refractivity contribution in [2.24, 2.45) is 0 Å². The number of carbonyl (C=O) groups excluding carboxylic acids is 4. The summed E-state index contributed by atoms with van der Waals surface area (Å²) in [7, 11) is 0. The van der Waals surface area contributed by atoms with Gasteiger partial charge in [-0.05, 0) is 25.5 Å². The van der Waals surface area contributed by atoms with Crippen molar-refractivity contribution in [3.8, 4) is 5.75 Å². The highest BCUT2D eigenvalue weighted by Gasteiger charge is 2.48. The Morgan fingerprint density at radius 2 is 1.76 bits per heavy atom. The molecule has 1 aliphatic heterocycles. The second-order valence-electron chi connectivity index (χ2n) is 10.6. The molecule has 1 fully saturated rings. The van der Waals surface area contributed by atoms with Gasteiger partial charge >= 0.3 is 12.1 Å². The molecule has 2 aromatic rings. The molecule has 0 radical (unpaired) electrons. The fourth-order valence-electron chi connectivity index (χ4n) is 5.71. The first-order chi connectivity index (χ1) is 19.1. The van der Waals surface area contributed by atoms with Crippen molar-refractivity contribution in [3.63, 3.8) is 0 Å². The number of amides is 1. The third kappa shape index (κ3) is 4.92. The summed E-state index contributed by atoms with van der Waals surface area (Å²) in [4.78, 5) is 50.6. The van der Waals surface area contributed by atoms with Crippen LogP contribution in [0, 0.1) is 0 Å². The van der Waals surface area contributed by atoms with Gasteiger partial charge in [-0.25, -0.2) is 0 Å². The van der Waals surface area contributed by atoms with Gasteiger partial charge in [0.15, 0.2) is 23.6 Å². The van der Waals surface area contributed by atoms with E-state index < -0.39 is 84.3 Å². The third-order valence-corrected chi connectivity index (χ3v) is 7.89. The monoisotopic (exact) mass is 577 g/mol. The molecule has 0 aromatic heterocycles. The van der Waals surface area contributed by atoms with Crippen molar-refractivity contribution in [1.29, 1.82) is 0 Å². The molecule has 2 aliphatic carbocycles. The van der Waals surface area contributed by atoms with E-state index in [1.165, 1.54) is 25.1 Å². The molecule has 10 nitrogen and oxygen atoms in total. The molecule has 1 amide bonds. The maximum Gasteiger partial charge on any atom is 0.471 e. The highest BCUT2D eigenvalue weighted by Crippen LogP contribution is 2.48. The summed E-state index contributed by atoms with van der Waals surface area (Å²) in [6.07, 6.45) is -11.7. The lowest BCUT2D eigenvalue weighted by atomic mass is 9.72. The first-order valence-electron chi connectivity index (χ1n) is 12.8. The summed E-state index contributed by atoms with van der Waals surface area (Å²) >= 11 is 0. The quantitative estimate of drug-likeness (QED) is 0.364. The molecule has 2 aromatic carbocycles. The number of ether oxygens (including phenoxy) is 2. The number of aliphatic hydroxyl groups is 2. The van der Waals surface area contributed by atoms with E-state index in [-0.39, 0.29) is 39.8 Å². The number of hydrogen-bond donors (Lipinski definition) is 4. The number of hydrogen-bond acceptors (Lipinski definition) is 9. The number of alkyl halides is 3. The minimum absolute atomic E-state index is 0.00783. The van der Waals surface area contributed by atoms with Crippen LogP contribution in [0.4, 0.5) is 13.2 Å². The number of halogens is 3. The molecule has 6 atom stereocenters. The molecule has 3 aliphatic rings. The van der Waals surface area contributed by atoms with E-state index in [9.17, 15) is 47.7 Å². The van der Waals surface area contributed by atoms with Gasteiger partial charge in [0.2, 0.25) is 0 Å².